The van der Waals surface area contributed by atoms with Crippen LogP contribution >= 0.6 is 0 Å². The lowest BCUT2D eigenvalue weighted by molar-refractivity contribution is -0.121. The molecule has 0 saturated heterocycles. The first-order chi connectivity index (χ1) is 14.3. The number of anilines is 1. The maximum absolute atomic E-state index is 13.2. The molecule has 2 amide bonds. The minimum absolute atomic E-state index is 0.142. The molecule has 0 aliphatic carbocycles. The Labute approximate surface area is 169 Å². The molecule has 0 saturated carbocycles. The number of benzene rings is 2. The number of amides is 2. The highest BCUT2D eigenvalue weighted by molar-refractivity contribution is 6.00. The lowest BCUT2D eigenvalue weighted by Crippen LogP contribution is -2.32. The fourth-order valence-electron chi connectivity index (χ4n) is 2.54. The van der Waals surface area contributed by atoms with Crippen LogP contribution in [0.5, 0.6) is 0 Å². The van der Waals surface area contributed by atoms with Gasteiger partial charge in [0, 0.05) is 11.8 Å². The first-order valence-electron chi connectivity index (χ1n) is 8.70. The predicted octanol–water partition coefficient (Wildman–Crippen LogP) is 2.97. The van der Waals surface area contributed by atoms with Crippen molar-refractivity contribution in [2.45, 2.75) is 6.18 Å². The van der Waals surface area contributed by atoms with Gasteiger partial charge in [-0.1, -0.05) is 30.3 Å². The van der Waals surface area contributed by atoms with E-state index in [0.29, 0.717) is 11.8 Å². The van der Waals surface area contributed by atoms with E-state index < -0.39 is 30.1 Å². The number of nitrogens with one attached hydrogen (secondary N) is 2. The molecule has 1 aromatic heterocycles. The number of nitrogens with zero attached hydrogens (tertiary/aromatic N) is 3. The third-order valence-corrected chi connectivity index (χ3v) is 3.92. The van der Waals surface area contributed by atoms with Crippen molar-refractivity contribution in [1.82, 2.24) is 20.1 Å². The fourth-order valence-corrected chi connectivity index (χ4v) is 2.54. The molecule has 3 rings (SSSR count). The summed E-state index contributed by atoms with van der Waals surface area (Å²) >= 11 is 0. The van der Waals surface area contributed by atoms with Crippen LogP contribution in [0.1, 0.15) is 5.56 Å². The van der Waals surface area contributed by atoms with Crippen LogP contribution in [0.4, 0.5) is 18.9 Å². The molecule has 0 fully saturated rings. The normalized spacial score (nSPS) is 11.8. The van der Waals surface area contributed by atoms with E-state index >= 15 is 0 Å². The van der Waals surface area contributed by atoms with Crippen LogP contribution < -0.4 is 10.6 Å². The number of halogens is 3. The van der Waals surface area contributed by atoms with Crippen LogP contribution in [0.2, 0.25) is 0 Å². The minimum Gasteiger partial charge on any atom is -0.343 e. The molecule has 0 aliphatic rings. The first kappa shape index (κ1) is 20.8. The van der Waals surface area contributed by atoms with Gasteiger partial charge in [0.2, 0.25) is 11.8 Å². The Hall–Kier alpha value is -3.95. The summed E-state index contributed by atoms with van der Waals surface area (Å²) in [5, 5.41) is 8.68. The van der Waals surface area contributed by atoms with Crippen LogP contribution in [0.15, 0.2) is 73.3 Å². The molecular weight excluding hydrogens is 399 g/mol. The Kier molecular flexibility index (Phi) is 6.26. The second-order valence-electron chi connectivity index (χ2n) is 6.07. The summed E-state index contributed by atoms with van der Waals surface area (Å²) in [6.07, 6.45) is -1.38. The molecule has 0 aliphatic heterocycles. The summed E-state index contributed by atoms with van der Waals surface area (Å²) in [7, 11) is 0. The molecule has 0 spiro atoms. The van der Waals surface area contributed by atoms with Crippen molar-refractivity contribution in [3.63, 3.8) is 0 Å². The van der Waals surface area contributed by atoms with Gasteiger partial charge in [-0.15, -0.1) is 0 Å². The molecule has 7 nitrogen and oxygen atoms in total. The molecule has 1 heterocycles. The number of allylic oxidation sites excluding steroid dienone is 1. The molecule has 3 aromatic rings. The highest BCUT2D eigenvalue weighted by Crippen LogP contribution is 2.33. The smallest absolute Gasteiger partial charge is 0.343 e. The Balaban J connectivity index is 1.58. The minimum atomic E-state index is -4.72. The van der Waals surface area contributed by atoms with Crippen molar-refractivity contribution in [2.75, 3.05) is 11.9 Å². The summed E-state index contributed by atoms with van der Waals surface area (Å²) in [6, 6.07) is 13.6. The standard InChI is InChI=1S/C20H16F3N5O2/c21-20(22,23)17(14-4-2-1-3-5-14)10-18(29)25-11-19(30)27-15-6-8-16(9-7-15)28-13-24-12-26-28/h1-10,12-13H,11H2,(H,25,29)(H,27,30)/b17-10-. The lowest BCUT2D eigenvalue weighted by atomic mass is 10.1. The van der Waals surface area contributed by atoms with Gasteiger partial charge in [-0.3, -0.25) is 9.59 Å². The van der Waals surface area contributed by atoms with Crippen molar-refractivity contribution < 1.29 is 22.8 Å². The Morgan fingerprint density at radius 2 is 1.73 bits per heavy atom. The lowest BCUT2D eigenvalue weighted by Gasteiger charge is -2.12. The molecule has 0 unspecified atom stereocenters. The predicted molar refractivity (Wildman–Crippen MR) is 103 cm³/mol. The monoisotopic (exact) mass is 415 g/mol. The number of carbonyl (C=O) groups is 2. The van der Waals surface area contributed by atoms with Crippen molar-refractivity contribution in [2.24, 2.45) is 0 Å². The highest BCUT2D eigenvalue weighted by Gasteiger charge is 2.35. The largest absolute Gasteiger partial charge is 0.417 e. The summed E-state index contributed by atoms with van der Waals surface area (Å²) in [5.41, 5.74) is -0.0553. The molecule has 30 heavy (non-hydrogen) atoms. The van der Waals surface area contributed by atoms with E-state index in [1.165, 1.54) is 41.6 Å². The van der Waals surface area contributed by atoms with Gasteiger partial charge in [-0.2, -0.15) is 18.3 Å². The number of hydrogen-bond donors (Lipinski definition) is 2. The zero-order valence-electron chi connectivity index (χ0n) is 15.4. The number of hydrogen-bond acceptors (Lipinski definition) is 4. The topological polar surface area (TPSA) is 88.9 Å². The van der Waals surface area contributed by atoms with Gasteiger partial charge < -0.3 is 10.6 Å². The van der Waals surface area contributed by atoms with Crippen LogP contribution in [-0.4, -0.2) is 39.3 Å². The van der Waals surface area contributed by atoms with Gasteiger partial charge in [-0.05, 0) is 29.8 Å². The molecule has 0 atom stereocenters. The number of carbonyl (C=O) groups excluding carboxylic acids is 2. The van der Waals surface area contributed by atoms with Crippen LogP contribution in [0, 0.1) is 0 Å². The maximum Gasteiger partial charge on any atom is 0.417 e. The zero-order chi connectivity index (χ0) is 21.6. The zero-order valence-corrected chi connectivity index (χ0v) is 15.4. The van der Waals surface area contributed by atoms with Gasteiger partial charge >= 0.3 is 6.18 Å². The second-order valence-corrected chi connectivity index (χ2v) is 6.07. The number of rotatable bonds is 6. The van der Waals surface area contributed by atoms with E-state index in [0.717, 1.165) is 5.69 Å². The molecular formula is C20H16F3N5O2. The van der Waals surface area contributed by atoms with Crippen LogP contribution in [-0.2, 0) is 9.59 Å². The van der Waals surface area contributed by atoms with Gasteiger partial charge in [0.25, 0.3) is 0 Å². The van der Waals surface area contributed by atoms with Crippen molar-refractivity contribution in [3.05, 3.63) is 78.9 Å². The van der Waals surface area contributed by atoms with Crippen molar-refractivity contribution in [3.8, 4) is 5.69 Å². The summed E-state index contributed by atoms with van der Waals surface area (Å²) < 4.78 is 41.3. The van der Waals surface area contributed by atoms with Crippen molar-refractivity contribution in [1.29, 1.82) is 0 Å². The van der Waals surface area contributed by atoms with E-state index in [9.17, 15) is 22.8 Å². The second kappa shape index (κ2) is 9.03. The van der Waals surface area contributed by atoms with E-state index in [-0.39, 0.29) is 5.56 Å². The summed E-state index contributed by atoms with van der Waals surface area (Å²) in [5.74, 6) is -1.61. The Morgan fingerprint density at radius 1 is 1.03 bits per heavy atom. The quantitative estimate of drug-likeness (QED) is 0.606. The average Bonchev–Trinajstić information content (AvgIpc) is 3.26. The molecule has 2 aromatic carbocycles. The first-order valence-corrected chi connectivity index (χ1v) is 8.70. The number of aromatic nitrogens is 3. The summed E-state index contributed by atoms with van der Waals surface area (Å²) in [6.45, 7) is -0.486. The van der Waals surface area contributed by atoms with E-state index in [2.05, 4.69) is 20.7 Å². The van der Waals surface area contributed by atoms with Crippen LogP contribution in [0.25, 0.3) is 11.3 Å². The maximum atomic E-state index is 13.2. The van der Waals surface area contributed by atoms with Gasteiger partial charge in [0.05, 0.1) is 17.8 Å². The molecule has 154 valence electrons. The molecule has 10 heteroatoms. The van der Waals surface area contributed by atoms with Crippen molar-refractivity contribution >= 4 is 23.1 Å². The average molecular weight is 415 g/mol. The molecule has 0 bridgehead atoms. The highest BCUT2D eigenvalue weighted by atomic mass is 19.4. The fraction of sp³-hybridized carbons (Fsp3) is 0.100. The third kappa shape index (κ3) is 5.53. The molecule has 0 radical (unpaired) electrons. The van der Waals surface area contributed by atoms with Gasteiger partial charge in [0.15, 0.2) is 0 Å². The van der Waals surface area contributed by atoms with Gasteiger partial charge in [-0.25, -0.2) is 9.67 Å². The van der Waals surface area contributed by atoms with E-state index in [4.69, 9.17) is 0 Å². The SMILES string of the molecule is O=C(/C=C(/c1ccccc1)C(F)(F)F)NCC(=O)Nc1ccc(-n2cncn2)cc1. The van der Waals surface area contributed by atoms with E-state index in [1.54, 1.807) is 30.3 Å². The van der Waals surface area contributed by atoms with Crippen LogP contribution in [0.3, 0.4) is 0 Å². The molecule has 2 N–H and O–H groups in total. The van der Waals surface area contributed by atoms with Gasteiger partial charge in [0.1, 0.15) is 12.7 Å². The third-order valence-electron chi connectivity index (χ3n) is 3.92. The Morgan fingerprint density at radius 3 is 2.33 bits per heavy atom. The Bertz CT molecular complexity index is 1030. The van der Waals surface area contributed by atoms with E-state index in [1.807, 2.05) is 0 Å². The summed E-state index contributed by atoms with van der Waals surface area (Å²) in [4.78, 5) is 27.7. The number of alkyl halides is 3.